The van der Waals surface area contributed by atoms with Gasteiger partial charge in [0.05, 0.1) is 35.3 Å². The summed E-state index contributed by atoms with van der Waals surface area (Å²) >= 11 is 3.56. The van der Waals surface area contributed by atoms with Crippen molar-refractivity contribution in [2.45, 2.75) is 19.9 Å². The van der Waals surface area contributed by atoms with Crippen LogP contribution in [0, 0.1) is 13.8 Å². The molecule has 0 aromatic carbocycles. The molecule has 2 amide bonds. The number of aromatic nitrogens is 2. The van der Waals surface area contributed by atoms with Crippen LogP contribution in [0.1, 0.15) is 11.3 Å². The topological polar surface area (TPSA) is 89.9 Å². The van der Waals surface area contributed by atoms with Crippen LogP contribution in [0.25, 0.3) is 11.0 Å². The number of nitrogens with zero attached hydrogens (tertiary/aromatic N) is 5. The van der Waals surface area contributed by atoms with E-state index in [1.807, 2.05) is 18.7 Å². The van der Waals surface area contributed by atoms with Crippen molar-refractivity contribution in [3.8, 4) is 0 Å². The molecule has 136 valence electrons. The highest BCUT2D eigenvalue weighted by Crippen LogP contribution is 2.42. The van der Waals surface area contributed by atoms with Gasteiger partial charge in [0.15, 0.2) is 0 Å². The van der Waals surface area contributed by atoms with Gasteiger partial charge in [-0.1, -0.05) is 0 Å². The maximum absolute atomic E-state index is 12.8. The highest BCUT2D eigenvalue weighted by molar-refractivity contribution is 9.10. The Kier molecular flexibility index (Phi) is 3.80. The average Bonchev–Trinajstić information content (AvgIpc) is 2.63. The van der Waals surface area contributed by atoms with Gasteiger partial charge in [0.2, 0.25) is 0 Å². The number of hydrogen-bond acceptors (Lipinski definition) is 5. The zero-order chi connectivity index (χ0) is 18.7. The quantitative estimate of drug-likeness (QED) is 0.703. The smallest absolute Gasteiger partial charge is 0.407 e. The van der Waals surface area contributed by atoms with Crippen molar-refractivity contribution in [1.29, 1.82) is 0 Å². The zero-order valence-corrected chi connectivity index (χ0v) is 16.2. The number of anilines is 2. The standard InChI is InChI=1S/C17H18BrN5O3/c1-8-12(18)9(2)20-14-13(8)19-6-10-15(14)23-5-4-22(17(25)26)7-11(23)16(24)21(10)3/h6,11H,4-5,7H2,1-3H3,(H,25,26)/t11-/m1/s1. The Hall–Kier alpha value is -2.42. The number of rotatable bonds is 0. The highest BCUT2D eigenvalue weighted by Gasteiger charge is 2.42. The first-order chi connectivity index (χ1) is 12.3. The van der Waals surface area contributed by atoms with E-state index in [4.69, 9.17) is 4.98 Å². The minimum Gasteiger partial charge on any atom is -0.465 e. The number of pyridine rings is 2. The molecule has 4 rings (SSSR count). The summed E-state index contributed by atoms with van der Waals surface area (Å²) < 4.78 is 0.921. The van der Waals surface area contributed by atoms with Crippen molar-refractivity contribution in [2.75, 3.05) is 36.5 Å². The monoisotopic (exact) mass is 419 g/mol. The van der Waals surface area contributed by atoms with Crippen LogP contribution >= 0.6 is 15.9 Å². The Morgan fingerprint density at radius 2 is 2.04 bits per heavy atom. The molecule has 2 aliphatic heterocycles. The average molecular weight is 420 g/mol. The van der Waals surface area contributed by atoms with E-state index in [9.17, 15) is 14.7 Å². The third-order valence-electron chi connectivity index (χ3n) is 5.20. The second-order valence-electron chi connectivity index (χ2n) is 6.66. The van der Waals surface area contributed by atoms with E-state index in [0.29, 0.717) is 18.8 Å². The van der Waals surface area contributed by atoms with Gasteiger partial charge in [-0.05, 0) is 35.3 Å². The number of piperazine rings is 1. The fourth-order valence-corrected chi connectivity index (χ4v) is 4.04. The number of carbonyl (C=O) groups is 2. The van der Waals surface area contributed by atoms with Crippen molar-refractivity contribution < 1.29 is 14.7 Å². The Labute approximate surface area is 158 Å². The fraction of sp³-hybridized carbons (Fsp3) is 0.412. The number of likely N-dealkylation sites (N-methyl/N-ethyl adjacent to an activating group) is 1. The van der Waals surface area contributed by atoms with Crippen molar-refractivity contribution in [3.05, 3.63) is 21.9 Å². The van der Waals surface area contributed by atoms with Gasteiger partial charge in [-0.3, -0.25) is 9.78 Å². The van der Waals surface area contributed by atoms with Crippen LogP contribution in [0.3, 0.4) is 0 Å². The lowest BCUT2D eigenvalue weighted by Crippen LogP contribution is -2.63. The number of hydrogen-bond donors (Lipinski definition) is 1. The summed E-state index contributed by atoms with van der Waals surface area (Å²) in [6, 6.07) is -0.547. The number of amides is 2. The normalized spacial score (nSPS) is 19.6. The van der Waals surface area contributed by atoms with Gasteiger partial charge in [0.25, 0.3) is 5.91 Å². The summed E-state index contributed by atoms with van der Waals surface area (Å²) in [6.45, 7) is 4.85. The molecule has 1 N–H and O–H groups in total. The summed E-state index contributed by atoms with van der Waals surface area (Å²) in [5.41, 5.74) is 4.93. The van der Waals surface area contributed by atoms with Crippen LogP contribution in [0.15, 0.2) is 10.7 Å². The summed E-state index contributed by atoms with van der Waals surface area (Å²) in [7, 11) is 1.70. The van der Waals surface area contributed by atoms with Gasteiger partial charge in [0.1, 0.15) is 11.6 Å². The molecule has 9 heteroatoms. The number of fused-ring (bicyclic) bond motifs is 5. The molecule has 0 aliphatic carbocycles. The molecule has 0 unspecified atom stereocenters. The summed E-state index contributed by atoms with van der Waals surface area (Å²) in [5, 5.41) is 9.31. The third kappa shape index (κ3) is 2.26. The van der Waals surface area contributed by atoms with Crippen LogP contribution in [-0.2, 0) is 4.79 Å². The van der Waals surface area contributed by atoms with E-state index in [1.54, 1.807) is 18.1 Å². The van der Waals surface area contributed by atoms with Crippen LogP contribution in [-0.4, -0.2) is 64.7 Å². The van der Waals surface area contributed by atoms with E-state index >= 15 is 0 Å². The second-order valence-corrected chi connectivity index (χ2v) is 7.45. The van der Waals surface area contributed by atoms with E-state index < -0.39 is 12.1 Å². The van der Waals surface area contributed by atoms with Gasteiger partial charge in [-0.15, -0.1) is 0 Å². The van der Waals surface area contributed by atoms with E-state index in [-0.39, 0.29) is 12.5 Å². The second kappa shape index (κ2) is 5.80. The molecular formula is C17H18BrN5O3. The minimum absolute atomic E-state index is 0.129. The van der Waals surface area contributed by atoms with Crippen molar-refractivity contribution in [1.82, 2.24) is 14.9 Å². The molecule has 0 saturated carbocycles. The molecule has 2 aromatic heterocycles. The molecule has 1 saturated heterocycles. The molecule has 1 fully saturated rings. The van der Waals surface area contributed by atoms with E-state index in [1.165, 1.54) is 4.90 Å². The third-order valence-corrected chi connectivity index (χ3v) is 6.37. The largest absolute Gasteiger partial charge is 0.465 e. The summed E-state index contributed by atoms with van der Waals surface area (Å²) in [4.78, 5) is 38.3. The number of halogens is 1. The maximum atomic E-state index is 12.8. The predicted molar refractivity (Wildman–Crippen MR) is 101 cm³/mol. The van der Waals surface area contributed by atoms with Crippen LogP contribution in [0.5, 0.6) is 0 Å². The summed E-state index contributed by atoms with van der Waals surface area (Å²) in [6.07, 6.45) is 0.699. The highest BCUT2D eigenvalue weighted by atomic mass is 79.9. The Morgan fingerprint density at radius 3 is 2.73 bits per heavy atom. The lowest BCUT2D eigenvalue weighted by Gasteiger charge is -2.46. The number of aryl methyl sites for hydroxylation is 2. The van der Waals surface area contributed by atoms with Crippen molar-refractivity contribution in [2.24, 2.45) is 0 Å². The van der Waals surface area contributed by atoms with Gasteiger partial charge in [-0.25, -0.2) is 9.78 Å². The Bertz CT molecular complexity index is 963. The van der Waals surface area contributed by atoms with Gasteiger partial charge in [-0.2, -0.15) is 0 Å². The fourth-order valence-electron chi connectivity index (χ4n) is 3.76. The first-order valence-electron chi connectivity index (χ1n) is 8.28. The maximum Gasteiger partial charge on any atom is 0.407 e. The molecule has 8 nitrogen and oxygen atoms in total. The predicted octanol–water partition coefficient (Wildman–Crippen LogP) is 2.15. The van der Waals surface area contributed by atoms with Gasteiger partial charge in [0, 0.05) is 24.6 Å². The molecular weight excluding hydrogens is 402 g/mol. The van der Waals surface area contributed by atoms with Gasteiger partial charge < -0.3 is 19.8 Å². The zero-order valence-electron chi connectivity index (χ0n) is 14.7. The Morgan fingerprint density at radius 1 is 1.31 bits per heavy atom. The molecule has 0 bridgehead atoms. The van der Waals surface area contributed by atoms with Crippen LogP contribution in [0.2, 0.25) is 0 Å². The Balaban J connectivity index is 1.95. The van der Waals surface area contributed by atoms with Crippen LogP contribution in [0.4, 0.5) is 16.2 Å². The van der Waals surface area contributed by atoms with E-state index in [0.717, 1.165) is 32.5 Å². The number of carbonyl (C=O) groups excluding carboxylic acids is 1. The van der Waals surface area contributed by atoms with Crippen molar-refractivity contribution in [3.63, 3.8) is 0 Å². The lowest BCUT2D eigenvalue weighted by molar-refractivity contribution is -0.120. The molecule has 4 heterocycles. The van der Waals surface area contributed by atoms with Crippen molar-refractivity contribution >= 4 is 50.3 Å². The first kappa shape index (κ1) is 17.0. The van der Waals surface area contributed by atoms with Crippen LogP contribution < -0.4 is 9.80 Å². The SMILES string of the molecule is Cc1nc2c3c(cnc2c(C)c1Br)N(C)C(=O)[C@H]1CN(C(=O)O)CCN31. The molecule has 1 atom stereocenters. The first-order valence-corrected chi connectivity index (χ1v) is 9.08. The van der Waals surface area contributed by atoms with Gasteiger partial charge >= 0.3 is 6.09 Å². The molecule has 0 spiro atoms. The van der Waals surface area contributed by atoms with E-state index in [2.05, 4.69) is 20.9 Å². The molecule has 2 aromatic rings. The summed E-state index contributed by atoms with van der Waals surface area (Å²) in [5.74, 6) is -0.129. The number of carboxylic acid groups (broad SMARTS) is 1. The molecule has 2 aliphatic rings. The minimum atomic E-state index is -1.00. The molecule has 26 heavy (non-hydrogen) atoms. The lowest BCUT2D eigenvalue weighted by atomic mass is 10.0. The molecule has 0 radical (unpaired) electrons.